The van der Waals surface area contributed by atoms with Crippen LogP contribution in [0.5, 0.6) is 11.6 Å². The smallest absolute Gasteiger partial charge is 0.438 e. The summed E-state index contributed by atoms with van der Waals surface area (Å²) in [5.41, 5.74) is 0.352. The van der Waals surface area contributed by atoms with E-state index >= 15 is 0 Å². The predicted molar refractivity (Wildman–Crippen MR) is 114 cm³/mol. The maximum atomic E-state index is 13.1. The van der Waals surface area contributed by atoms with Crippen molar-refractivity contribution >= 4 is 10.2 Å². The zero-order valence-corrected chi connectivity index (χ0v) is 18.8. The molecule has 178 valence electrons. The number of hydrogen-bond donors (Lipinski definition) is 2. The van der Waals surface area contributed by atoms with Crippen LogP contribution in [0, 0.1) is 5.82 Å². The summed E-state index contributed by atoms with van der Waals surface area (Å²) >= 11 is 0. The second kappa shape index (κ2) is 9.12. The fraction of sp³-hybridized carbons (Fsp3) is 0.286. The Hall–Kier alpha value is -2.96. The fourth-order valence-corrected chi connectivity index (χ4v) is 4.33. The Bertz CT molecular complexity index is 1220. The van der Waals surface area contributed by atoms with E-state index in [0.717, 1.165) is 0 Å². The van der Waals surface area contributed by atoms with Crippen LogP contribution in [0.4, 0.5) is 17.6 Å². The first-order valence-corrected chi connectivity index (χ1v) is 11.3. The van der Waals surface area contributed by atoms with Crippen LogP contribution in [-0.2, 0) is 22.3 Å². The van der Waals surface area contributed by atoms with Crippen LogP contribution in [0.15, 0.2) is 54.6 Å². The van der Waals surface area contributed by atoms with E-state index in [1.54, 1.807) is 35.0 Å². The molecule has 0 aliphatic carbocycles. The van der Waals surface area contributed by atoms with E-state index in [4.69, 9.17) is 4.74 Å². The minimum atomic E-state index is -5.10. The van der Waals surface area contributed by atoms with Gasteiger partial charge >= 0.3 is 6.30 Å². The molecule has 2 aromatic carbocycles. The maximum absolute atomic E-state index is 13.1. The Balaban J connectivity index is 1.89. The molecule has 0 fully saturated rings. The highest BCUT2D eigenvalue weighted by atomic mass is 32.2. The van der Waals surface area contributed by atoms with Gasteiger partial charge in [-0.2, -0.15) is 26.3 Å². The second-order valence-electron chi connectivity index (χ2n) is 7.65. The third-order valence-electron chi connectivity index (χ3n) is 4.61. The summed E-state index contributed by atoms with van der Waals surface area (Å²) in [6, 6.07) is 13.8. The summed E-state index contributed by atoms with van der Waals surface area (Å²) in [5.74, 6) is 0.256. The first kappa shape index (κ1) is 24.7. The topological polar surface area (TPSA) is 85.2 Å². The van der Waals surface area contributed by atoms with Gasteiger partial charge in [0.05, 0.1) is 11.2 Å². The molecule has 1 aromatic heterocycles. The van der Waals surface area contributed by atoms with Crippen LogP contribution in [0.25, 0.3) is 11.3 Å². The quantitative estimate of drug-likeness (QED) is 0.358. The lowest BCUT2D eigenvalue weighted by Gasteiger charge is -2.27. The number of alkyl halides is 3. The van der Waals surface area contributed by atoms with Gasteiger partial charge in [0, 0.05) is 18.2 Å². The lowest BCUT2D eigenvalue weighted by atomic mass is 9.93. The number of nitrogens with zero attached hydrogens (tertiary/aromatic N) is 2. The molecule has 33 heavy (non-hydrogen) atoms. The standard InChI is InChI=1S/C21H22F4N4O3S/c1-4-29-18(13-19(26-29)32-17-10-8-16(22)9-11-17)14-6-5-7-15(12-14)20(2,3)27-33(30,31)28-21(23,24)25/h5-13,27-28H,4H2,1-3H3. The molecule has 0 saturated carbocycles. The zero-order chi connectivity index (χ0) is 24.4. The predicted octanol–water partition coefficient (Wildman–Crippen LogP) is 4.68. The van der Waals surface area contributed by atoms with E-state index in [9.17, 15) is 26.0 Å². The van der Waals surface area contributed by atoms with Crippen molar-refractivity contribution in [1.82, 2.24) is 19.2 Å². The molecule has 0 spiro atoms. The third-order valence-corrected chi connectivity index (χ3v) is 5.89. The van der Waals surface area contributed by atoms with Crippen molar-refractivity contribution in [2.75, 3.05) is 0 Å². The Morgan fingerprint density at radius 1 is 1.03 bits per heavy atom. The minimum absolute atomic E-state index is 0.262. The Labute approximate surface area is 188 Å². The molecule has 0 atom stereocenters. The summed E-state index contributed by atoms with van der Waals surface area (Å²) in [5, 5.41) is 4.37. The van der Waals surface area contributed by atoms with Gasteiger partial charge in [-0.15, -0.1) is 9.82 Å². The molecule has 12 heteroatoms. The van der Waals surface area contributed by atoms with Crippen LogP contribution in [0.2, 0.25) is 0 Å². The fourth-order valence-electron chi connectivity index (χ4n) is 3.18. The summed E-state index contributed by atoms with van der Waals surface area (Å²) in [4.78, 5) is 0. The summed E-state index contributed by atoms with van der Waals surface area (Å²) in [6.07, 6.45) is -5.10. The van der Waals surface area contributed by atoms with Gasteiger partial charge in [-0.3, -0.25) is 4.68 Å². The molecule has 0 unspecified atom stereocenters. The zero-order valence-electron chi connectivity index (χ0n) is 17.9. The highest BCUT2D eigenvalue weighted by molar-refractivity contribution is 7.87. The first-order valence-electron chi connectivity index (χ1n) is 9.80. The van der Waals surface area contributed by atoms with Gasteiger partial charge in [0.15, 0.2) is 0 Å². The largest absolute Gasteiger partial charge is 0.471 e. The second-order valence-corrected chi connectivity index (χ2v) is 9.07. The molecule has 0 radical (unpaired) electrons. The third kappa shape index (κ3) is 6.53. The van der Waals surface area contributed by atoms with Crippen LogP contribution < -0.4 is 14.2 Å². The van der Waals surface area contributed by atoms with Gasteiger partial charge in [0.1, 0.15) is 11.6 Å². The molecule has 2 N–H and O–H groups in total. The lowest BCUT2D eigenvalue weighted by molar-refractivity contribution is -0.138. The maximum Gasteiger partial charge on any atom is 0.471 e. The molecule has 7 nitrogen and oxygen atoms in total. The molecule has 1 heterocycles. The van der Waals surface area contributed by atoms with E-state index in [-0.39, 0.29) is 5.88 Å². The normalized spacial score (nSPS) is 12.7. The Morgan fingerprint density at radius 3 is 2.30 bits per heavy atom. The average Bonchev–Trinajstić information content (AvgIpc) is 3.10. The minimum Gasteiger partial charge on any atom is -0.438 e. The highest BCUT2D eigenvalue weighted by Gasteiger charge is 2.37. The van der Waals surface area contributed by atoms with E-state index in [0.29, 0.717) is 33.8 Å². The molecule has 0 saturated heterocycles. The highest BCUT2D eigenvalue weighted by Crippen LogP contribution is 2.31. The van der Waals surface area contributed by atoms with Crippen molar-refractivity contribution in [3.8, 4) is 22.9 Å². The lowest BCUT2D eigenvalue weighted by Crippen LogP contribution is -2.51. The van der Waals surface area contributed by atoms with Crippen molar-refractivity contribution in [1.29, 1.82) is 0 Å². The summed E-state index contributed by atoms with van der Waals surface area (Å²) < 4.78 is 84.4. The molecule has 3 aromatic rings. The number of halogens is 4. The number of aryl methyl sites for hydroxylation is 1. The number of rotatable bonds is 8. The van der Waals surface area contributed by atoms with Gasteiger partial charge in [-0.25, -0.2) is 4.39 Å². The van der Waals surface area contributed by atoms with Gasteiger partial charge < -0.3 is 4.74 Å². The molecular formula is C21H22F4N4O3S. The van der Waals surface area contributed by atoms with Gasteiger partial charge in [-0.1, -0.05) is 18.2 Å². The monoisotopic (exact) mass is 486 g/mol. The number of nitrogens with one attached hydrogen (secondary N) is 2. The van der Waals surface area contributed by atoms with E-state index < -0.39 is 27.9 Å². The molecule has 0 aliphatic heterocycles. The van der Waals surface area contributed by atoms with Crippen LogP contribution in [0.1, 0.15) is 26.3 Å². The summed E-state index contributed by atoms with van der Waals surface area (Å²) in [6.45, 7) is 5.24. The van der Waals surface area contributed by atoms with Crippen LogP contribution >= 0.6 is 0 Å². The Kier molecular flexibility index (Phi) is 6.82. The van der Waals surface area contributed by atoms with Gasteiger partial charge in [0.2, 0.25) is 5.88 Å². The van der Waals surface area contributed by atoms with E-state index in [1.165, 1.54) is 38.1 Å². The van der Waals surface area contributed by atoms with Gasteiger partial charge in [-0.05, 0) is 56.7 Å². The average molecular weight is 486 g/mol. The van der Waals surface area contributed by atoms with Gasteiger partial charge in [0.25, 0.3) is 10.2 Å². The van der Waals surface area contributed by atoms with E-state index in [1.807, 2.05) is 11.6 Å². The SMILES string of the molecule is CCn1nc(Oc2ccc(F)cc2)cc1-c1cccc(C(C)(C)NS(=O)(=O)NC(F)(F)F)c1. The Morgan fingerprint density at radius 2 is 1.70 bits per heavy atom. The van der Waals surface area contributed by atoms with Crippen molar-refractivity contribution in [2.24, 2.45) is 0 Å². The number of ether oxygens (including phenoxy) is 1. The molecule has 0 bridgehead atoms. The van der Waals surface area contributed by atoms with E-state index in [2.05, 4.69) is 5.10 Å². The molecular weight excluding hydrogens is 464 g/mol. The molecule has 3 rings (SSSR count). The first-order chi connectivity index (χ1) is 15.3. The van der Waals surface area contributed by atoms with Crippen molar-refractivity contribution < 1.29 is 30.7 Å². The number of hydrogen-bond acceptors (Lipinski definition) is 4. The van der Waals surface area contributed by atoms with Crippen molar-refractivity contribution in [3.63, 3.8) is 0 Å². The number of aromatic nitrogens is 2. The van der Waals surface area contributed by atoms with Crippen molar-refractivity contribution in [3.05, 3.63) is 66.0 Å². The molecule has 0 aliphatic rings. The molecule has 0 amide bonds. The number of benzene rings is 2. The van der Waals surface area contributed by atoms with Crippen LogP contribution in [-0.4, -0.2) is 24.5 Å². The summed E-state index contributed by atoms with van der Waals surface area (Å²) in [7, 11) is -4.86. The van der Waals surface area contributed by atoms with Crippen molar-refractivity contribution in [2.45, 2.75) is 39.2 Å². The van der Waals surface area contributed by atoms with Crippen LogP contribution in [0.3, 0.4) is 0 Å².